The van der Waals surface area contributed by atoms with Gasteiger partial charge in [0.1, 0.15) is 24.5 Å². The predicted octanol–water partition coefficient (Wildman–Crippen LogP) is 5.08. The fourth-order valence-corrected chi connectivity index (χ4v) is 10.7. The minimum absolute atomic E-state index is 0.0209. The molecule has 3 N–H and O–H groups in total. The zero-order valence-electron chi connectivity index (χ0n) is 24.5. The van der Waals surface area contributed by atoms with Crippen molar-refractivity contribution in [2.45, 2.75) is 67.4 Å². The molecule has 1 aliphatic carbocycles. The molecule has 2 aromatic rings. The molecule has 9 rings (SSSR count). The van der Waals surface area contributed by atoms with E-state index in [-0.39, 0.29) is 45.0 Å². The monoisotopic (exact) mass is 667 g/mol. The van der Waals surface area contributed by atoms with Gasteiger partial charge in [-0.15, -0.1) is 0 Å². The molecule has 6 aliphatic heterocycles. The number of nitrogens with zero attached hydrogens (tertiary/aromatic N) is 5. The van der Waals surface area contributed by atoms with Crippen molar-refractivity contribution in [1.82, 2.24) is 20.2 Å². The van der Waals surface area contributed by atoms with Crippen molar-refractivity contribution in [3.8, 4) is 17.8 Å². The summed E-state index contributed by atoms with van der Waals surface area (Å²) >= 11 is 15.4. The van der Waals surface area contributed by atoms with Crippen LogP contribution in [0.25, 0.3) is 16.5 Å². The summed E-state index contributed by atoms with van der Waals surface area (Å²) in [7, 11) is 0. The van der Waals surface area contributed by atoms with E-state index in [2.05, 4.69) is 21.2 Å². The summed E-state index contributed by atoms with van der Waals surface area (Å²) < 4.78 is 30.2. The molecule has 4 saturated heterocycles. The molecule has 1 aromatic carbocycles. The molecule has 234 valence electrons. The molecule has 0 radical (unpaired) electrons. The van der Waals surface area contributed by atoms with Crippen molar-refractivity contribution in [2.24, 2.45) is 11.7 Å². The van der Waals surface area contributed by atoms with Crippen LogP contribution in [-0.4, -0.2) is 76.6 Å². The zero-order valence-corrected chi connectivity index (χ0v) is 26.8. The maximum Gasteiger partial charge on any atom is 0.319 e. The zero-order chi connectivity index (χ0) is 30.6. The van der Waals surface area contributed by atoms with Gasteiger partial charge >= 0.3 is 6.01 Å². The van der Waals surface area contributed by atoms with Gasteiger partial charge in [-0.25, -0.2) is 4.39 Å². The third kappa shape index (κ3) is 4.12. The van der Waals surface area contributed by atoms with Crippen molar-refractivity contribution in [2.75, 3.05) is 37.7 Å². The molecule has 5 unspecified atom stereocenters. The normalized spacial score (nSPS) is 31.2. The van der Waals surface area contributed by atoms with E-state index in [1.807, 2.05) is 6.08 Å². The van der Waals surface area contributed by atoms with Crippen LogP contribution in [0, 0.1) is 23.1 Å². The molecule has 0 spiro atoms. The average molecular weight is 669 g/mol. The molecule has 2 bridgehead atoms. The largest absolute Gasteiger partial charge is 0.489 e. The first-order valence-electron chi connectivity index (χ1n) is 15.8. The van der Waals surface area contributed by atoms with Crippen molar-refractivity contribution in [3.63, 3.8) is 0 Å². The van der Waals surface area contributed by atoms with Gasteiger partial charge in [0.2, 0.25) is 0 Å². The van der Waals surface area contributed by atoms with Gasteiger partial charge in [-0.1, -0.05) is 41.0 Å². The highest BCUT2D eigenvalue weighted by Gasteiger charge is 2.48. The van der Waals surface area contributed by atoms with E-state index in [1.54, 1.807) is 6.08 Å². The second kappa shape index (κ2) is 10.4. The molecule has 45 heavy (non-hydrogen) atoms. The number of halogens is 3. The summed E-state index contributed by atoms with van der Waals surface area (Å²) in [5, 5.41) is 14.8. The van der Waals surface area contributed by atoms with E-state index in [1.165, 1.54) is 11.8 Å². The van der Waals surface area contributed by atoms with E-state index >= 15 is 4.39 Å². The average Bonchev–Trinajstić information content (AvgIpc) is 3.77. The highest BCUT2D eigenvalue weighted by molar-refractivity contribution is 8.04. The smallest absolute Gasteiger partial charge is 0.319 e. The van der Waals surface area contributed by atoms with Crippen molar-refractivity contribution < 1.29 is 13.9 Å². The second-order valence-corrected chi connectivity index (χ2v) is 15.2. The number of allylic oxidation sites excluding steroid dienone is 4. The van der Waals surface area contributed by atoms with Crippen molar-refractivity contribution in [3.05, 3.63) is 44.2 Å². The number of nitriles is 1. The highest BCUT2D eigenvalue weighted by atomic mass is 35.5. The molecule has 5 atom stereocenters. The number of fused-ring (bicyclic) bond motifs is 7. The lowest BCUT2D eigenvalue weighted by Gasteiger charge is -2.40. The molecular weight excluding hydrogens is 636 g/mol. The SMILES string of the molecule is N#CC1=C(N)SC2C=CC(Cl)=C(c3c(Cl)c4c5c(nc(OCC67CCCN6CCC7)nc5c3F)N3CC5CCC(N5)C3CO4)C12. The van der Waals surface area contributed by atoms with Crippen molar-refractivity contribution >= 4 is 57.3 Å². The van der Waals surface area contributed by atoms with Crippen LogP contribution in [0.1, 0.15) is 44.1 Å². The van der Waals surface area contributed by atoms with E-state index in [0.717, 1.165) is 51.6 Å². The fourth-order valence-electron chi connectivity index (χ4n) is 8.92. The Morgan fingerprint density at radius 2 is 2.07 bits per heavy atom. The number of ether oxygens (including phenoxy) is 2. The van der Waals surface area contributed by atoms with E-state index in [0.29, 0.717) is 64.0 Å². The molecule has 4 fully saturated rings. The lowest BCUT2D eigenvalue weighted by molar-refractivity contribution is 0.108. The summed E-state index contributed by atoms with van der Waals surface area (Å²) in [6.07, 6.45) is 10.1. The van der Waals surface area contributed by atoms with Gasteiger partial charge in [-0.05, 0) is 63.3 Å². The number of hydrogen-bond donors (Lipinski definition) is 2. The number of nitrogens with one attached hydrogen (secondary N) is 1. The van der Waals surface area contributed by atoms with Gasteiger partial charge in [-0.2, -0.15) is 15.2 Å². The standard InChI is InChI=1S/C32H32Cl2FN7O2S/c33-17-4-6-20-21(16(11-36)29(37)45-20)22(17)23-25(34)28-24-27(26(23)35)39-31(44-14-32-7-1-9-41(32)10-2-8-32)40-30(24)42-12-15-3-5-18(38-15)19(42)13-43-28/h4,6,15,18-21,38H,1-3,5,7-10,12-14,37H2. The first-order valence-corrected chi connectivity index (χ1v) is 17.4. The summed E-state index contributed by atoms with van der Waals surface area (Å²) in [5.74, 6) is -0.275. The van der Waals surface area contributed by atoms with E-state index < -0.39 is 11.7 Å². The maximum absolute atomic E-state index is 17.3. The molecular formula is C32H32Cl2FN7O2S. The molecule has 7 heterocycles. The Balaban J connectivity index is 1.24. The first-order chi connectivity index (χ1) is 21.9. The van der Waals surface area contributed by atoms with E-state index in [9.17, 15) is 5.26 Å². The van der Waals surface area contributed by atoms with Gasteiger partial charge < -0.3 is 25.4 Å². The molecule has 13 heteroatoms. The first kappa shape index (κ1) is 28.5. The molecule has 1 aromatic heterocycles. The highest BCUT2D eigenvalue weighted by Crippen LogP contribution is 2.55. The van der Waals surface area contributed by atoms with Crippen molar-refractivity contribution in [1.29, 1.82) is 5.26 Å². The predicted molar refractivity (Wildman–Crippen MR) is 173 cm³/mol. The van der Waals surface area contributed by atoms with Gasteiger partial charge in [0.05, 0.1) is 38.7 Å². The fraction of sp³-hybridized carbons (Fsp3) is 0.531. The van der Waals surface area contributed by atoms with Crippen LogP contribution in [0.4, 0.5) is 10.2 Å². The summed E-state index contributed by atoms with van der Waals surface area (Å²) in [6.45, 7) is 3.67. The van der Waals surface area contributed by atoms with Crippen LogP contribution in [0.2, 0.25) is 5.02 Å². The Bertz CT molecular complexity index is 1780. The number of nitrogens with two attached hydrogens (primary N) is 1. The number of thioether (sulfide) groups is 1. The van der Waals surface area contributed by atoms with Crippen LogP contribution in [0.5, 0.6) is 11.8 Å². The van der Waals surface area contributed by atoms with Crippen LogP contribution in [-0.2, 0) is 0 Å². The van der Waals surface area contributed by atoms with Crippen LogP contribution < -0.4 is 25.4 Å². The van der Waals surface area contributed by atoms with E-state index in [4.69, 9.17) is 48.4 Å². The summed E-state index contributed by atoms with van der Waals surface area (Å²) in [6, 6.07) is 2.88. The minimum Gasteiger partial charge on any atom is -0.489 e. The maximum atomic E-state index is 17.3. The number of aromatic nitrogens is 2. The second-order valence-electron chi connectivity index (χ2n) is 13.2. The molecule has 9 nitrogen and oxygen atoms in total. The van der Waals surface area contributed by atoms with Crippen LogP contribution in [0.3, 0.4) is 0 Å². The Morgan fingerprint density at radius 3 is 2.87 bits per heavy atom. The minimum atomic E-state index is -0.635. The number of piperazine rings is 1. The number of hydrogen-bond acceptors (Lipinski definition) is 10. The Morgan fingerprint density at radius 1 is 1.24 bits per heavy atom. The molecule has 0 amide bonds. The lowest BCUT2D eigenvalue weighted by Crippen LogP contribution is -2.60. The van der Waals surface area contributed by atoms with Gasteiger partial charge in [0.15, 0.2) is 11.6 Å². The molecule has 7 aliphatic rings. The van der Waals surface area contributed by atoms with Crippen LogP contribution >= 0.6 is 35.0 Å². The quantitative estimate of drug-likeness (QED) is 0.458. The Labute approximate surface area is 274 Å². The number of rotatable bonds is 4. The summed E-state index contributed by atoms with van der Waals surface area (Å²) in [4.78, 5) is 14.5. The Hall–Kier alpha value is -2.75. The third-order valence-electron chi connectivity index (χ3n) is 11.0. The number of anilines is 1. The van der Waals surface area contributed by atoms with Crippen LogP contribution in [0.15, 0.2) is 27.8 Å². The lowest BCUT2D eigenvalue weighted by atomic mass is 9.81. The topological polar surface area (TPSA) is 113 Å². The molecule has 0 saturated carbocycles. The van der Waals surface area contributed by atoms with Gasteiger partial charge in [0, 0.05) is 40.4 Å². The Kier molecular flexibility index (Phi) is 6.57. The third-order valence-corrected chi connectivity index (χ3v) is 12.9. The van der Waals surface area contributed by atoms with Gasteiger partial charge in [-0.3, -0.25) is 4.90 Å². The summed E-state index contributed by atoms with van der Waals surface area (Å²) in [5.41, 5.74) is 7.16. The van der Waals surface area contributed by atoms with Gasteiger partial charge in [0.25, 0.3) is 0 Å². The number of benzene rings is 1.